The second-order valence-electron chi connectivity index (χ2n) is 4.09. The summed E-state index contributed by atoms with van der Waals surface area (Å²) in [6.45, 7) is 3.77. The summed E-state index contributed by atoms with van der Waals surface area (Å²) in [5.74, 6) is 0. The van der Waals surface area contributed by atoms with Crippen LogP contribution in [0.3, 0.4) is 0 Å². The maximum Gasteiger partial charge on any atom is 0.206 e. The molecule has 0 atom stereocenters. The molecule has 0 aromatic heterocycles. The molecule has 0 unspecified atom stereocenters. The lowest BCUT2D eigenvalue weighted by Gasteiger charge is -2.08. The van der Waals surface area contributed by atoms with Gasteiger partial charge in [-0.2, -0.15) is 0 Å². The molecule has 0 bridgehead atoms. The summed E-state index contributed by atoms with van der Waals surface area (Å²) in [6, 6.07) is 13.9. The zero-order chi connectivity index (χ0) is 12.5. The smallest absolute Gasteiger partial charge is 0.206 e. The predicted octanol–water partition coefficient (Wildman–Crippen LogP) is 3.14. The van der Waals surface area contributed by atoms with Crippen molar-refractivity contribution in [3.63, 3.8) is 0 Å². The van der Waals surface area contributed by atoms with Gasteiger partial charge in [0.25, 0.3) is 0 Å². The van der Waals surface area contributed by atoms with Gasteiger partial charge in [-0.25, -0.2) is 8.42 Å². The van der Waals surface area contributed by atoms with Gasteiger partial charge in [-0.3, -0.25) is 0 Å². The van der Waals surface area contributed by atoms with E-state index in [0.717, 1.165) is 11.1 Å². The molecule has 0 spiro atoms. The highest BCUT2D eigenvalue weighted by atomic mass is 32.2. The van der Waals surface area contributed by atoms with Gasteiger partial charge in [0, 0.05) is 0 Å². The molecule has 2 rings (SSSR count). The second kappa shape index (κ2) is 4.34. The van der Waals surface area contributed by atoms with Crippen molar-refractivity contribution in [1.29, 1.82) is 0 Å². The van der Waals surface area contributed by atoms with Gasteiger partial charge in [-0.1, -0.05) is 35.9 Å². The molecule has 0 saturated heterocycles. The van der Waals surface area contributed by atoms with Crippen LogP contribution in [0.4, 0.5) is 0 Å². The van der Waals surface area contributed by atoms with Gasteiger partial charge in [0.15, 0.2) is 0 Å². The summed E-state index contributed by atoms with van der Waals surface area (Å²) in [4.78, 5) is 0.723. The summed E-state index contributed by atoms with van der Waals surface area (Å²) in [6.07, 6.45) is 0. The van der Waals surface area contributed by atoms with Crippen LogP contribution in [0.2, 0.25) is 0 Å². The molecular formula is C14H14O2S. The first-order valence-electron chi connectivity index (χ1n) is 5.39. The van der Waals surface area contributed by atoms with Crippen molar-refractivity contribution in [2.45, 2.75) is 23.6 Å². The average Bonchev–Trinajstić information content (AvgIpc) is 2.29. The van der Waals surface area contributed by atoms with E-state index in [-0.39, 0.29) is 0 Å². The maximum atomic E-state index is 12.4. The lowest BCUT2D eigenvalue weighted by Crippen LogP contribution is -2.04. The summed E-state index contributed by atoms with van der Waals surface area (Å²) in [5, 5.41) is 0. The van der Waals surface area contributed by atoms with Crippen LogP contribution in [0, 0.1) is 13.8 Å². The number of sulfone groups is 1. The van der Waals surface area contributed by atoms with Gasteiger partial charge in [0.2, 0.25) is 9.84 Å². The first-order chi connectivity index (χ1) is 8.01. The monoisotopic (exact) mass is 246 g/mol. The van der Waals surface area contributed by atoms with Crippen LogP contribution in [0.1, 0.15) is 11.1 Å². The van der Waals surface area contributed by atoms with E-state index < -0.39 is 9.84 Å². The number of hydrogen-bond donors (Lipinski definition) is 0. The Bertz CT molecular complexity index is 629. The Morgan fingerprint density at radius 3 is 2.12 bits per heavy atom. The van der Waals surface area contributed by atoms with E-state index in [1.54, 1.807) is 36.4 Å². The van der Waals surface area contributed by atoms with Gasteiger partial charge < -0.3 is 0 Å². The zero-order valence-corrected chi connectivity index (χ0v) is 10.7. The first kappa shape index (κ1) is 11.9. The Morgan fingerprint density at radius 2 is 1.53 bits per heavy atom. The molecule has 2 aromatic carbocycles. The molecule has 2 aromatic rings. The van der Waals surface area contributed by atoms with E-state index in [1.807, 2.05) is 26.0 Å². The minimum absolute atomic E-state index is 0.340. The van der Waals surface area contributed by atoms with Gasteiger partial charge >= 0.3 is 0 Å². The Balaban J connectivity index is 2.61. The fraction of sp³-hybridized carbons (Fsp3) is 0.143. The standard InChI is InChI=1S/C14H14O2S/c1-11-8-9-14(12(2)10-11)17(15,16)13-6-4-3-5-7-13/h3-10H,1-2H3. The van der Waals surface area contributed by atoms with Gasteiger partial charge in [0.1, 0.15) is 0 Å². The quantitative estimate of drug-likeness (QED) is 0.815. The van der Waals surface area contributed by atoms with Crippen LogP contribution >= 0.6 is 0 Å². The van der Waals surface area contributed by atoms with E-state index in [0.29, 0.717) is 9.79 Å². The normalized spacial score (nSPS) is 11.4. The maximum absolute atomic E-state index is 12.4. The molecule has 0 saturated carbocycles. The lowest BCUT2D eigenvalue weighted by molar-refractivity contribution is 0.595. The van der Waals surface area contributed by atoms with Crippen LogP contribution in [-0.2, 0) is 9.84 Å². The van der Waals surface area contributed by atoms with Crippen molar-refractivity contribution in [2.75, 3.05) is 0 Å². The zero-order valence-electron chi connectivity index (χ0n) is 9.84. The predicted molar refractivity (Wildman–Crippen MR) is 67.8 cm³/mol. The van der Waals surface area contributed by atoms with Crippen molar-refractivity contribution < 1.29 is 8.42 Å². The third-order valence-electron chi connectivity index (χ3n) is 2.67. The molecule has 0 radical (unpaired) electrons. The van der Waals surface area contributed by atoms with Crippen molar-refractivity contribution in [3.8, 4) is 0 Å². The summed E-state index contributed by atoms with van der Waals surface area (Å²) < 4.78 is 24.7. The molecular weight excluding hydrogens is 232 g/mol. The fourth-order valence-corrected chi connectivity index (χ4v) is 3.33. The molecule has 3 heteroatoms. The van der Waals surface area contributed by atoms with Gasteiger partial charge in [-0.15, -0.1) is 0 Å². The Labute approximate surface area is 102 Å². The van der Waals surface area contributed by atoms with Gasteiger partial charge in [-0.05, 0) is 37.6 Å². The van der Waals surface area contributed by atoms with Crippen molar-refractivity contribution >= 4 is 9.84 Å². The Kier molecular flexibility index (Phi) is 3.03. The van der Waals surface area contributed by atoms with E-state index in [1.165, 1.54) is 0 Å². The van der Waals surface area contributed by atoms with Crippen LogP contribution < -0.4 is 0 Å². The number of aryl methyl sites for hydroxylation is 2. The van der Waals surface area contributed by atoms with E-state index in [4.69, 9.17) is 0 Å². The minimum Gasteiger partial charge on any atom is -0.219 e. The van der Waals surface area contributed by atoms with Crippen molar-refractivity contribution in [3.05, 3.63) is 59.7 Å². The van der Waals surface area contributed by atoms with Crippen LogP contribution in [-0.4, -0.2) is 8.42 Å². The Hall–Kier alpha value is -1.61. The molecule has 0 fully saturated rings. The molecule has 0 aliphatic rings. The van der Waals surface area contributed by atoms with Crippen LogP contribution in [0.15, 0.2) is 58.3 Å². The van der Waals surface area contributed by atoms with Crippen molar-refractivity contribution in [1.82, 2.24) is 0 Å². The minimum atomic E-state index is -3.39. The average molecular weight is 246 g/mol. The molecule has 0 aliphatic heterocycles. The summed E-state index contributed by atoms with van der Waals surface area (Å²) >= 11 is 0. The third kappa shape index (κ3) is 2.24. The highest BCUT2D eigenvalue weighted by molar-refractivity contribution is 7.91. The SMILES string of the molecule is Cc1ccc(S(=O)(=O)c2ccccc2)c(C)c1. The number of benzene rings is 2. The number of hydrogen-bond acceptors (Lipinski definition) is 2. The molecule has 0 heterocycles. The molecule has 0 N–H and O–H groups in total. The molecule has 0 aliphatic carbocycles. The Morgan fingerprint density at radius 1 is 0.882 bits per heavy atom. The van der Waals surface area contributed by atoms with E-state index in [2.05, 4.69) is 0 Å². The van der Waals surface area contributed by atoms with Gasteiger partial charge in [0.05, 0.1) is 9.79 Å². The van der Waals surface area contributed by atoms with Crippen molar-refractivity contribution in [2.24, 2.45) is 0 Å². The largest absolute Gasteiger partial charge is 0.219 e. The molecule has 88 valence electrons. The fourth-order valence-electron chi connectivity index (χ4n) is 1.83. The first-order valence-corrected chi connectivity index (χ1v) is 6.87. The highest BCUT2D eigenvalue weighted by Gasteiger charge is 2.18. The van der Waals surface area contributed by atoms with Crippen LogP contribution in [0.25, 0.3) is 0 Å². The van der Waals surface area contributed by atoms with Crippen LogP contribution in [0.5, 0.6) is 0 Å². The van der Waals surface area contributed by atoms with E-state index >= 15 is 0 Å². The molecule has 2 nitrogen and oxygen atoms in total. The summed E-state index contributed by atoms with van der Waals surface area (Å²) in [5.41, 5.74) is 1.85. The topological polar surface area (TPSA) is 34.1 Å². The lowest BCUT2D eigenvalue weighted by atomic mass is 10.2. The second-order valence-corrected chi connectivity index (χ2v) is 6.00. The molecule has 0 amide bonds. The highest BCUT2D eigenvalue weighted by Crippen LogP contribution is 2.24. The van der Waals surface area contributed by atoms with E-state index in [9.17, 15) is 8.42 Å². The molecule has 17 heavy (non-hydrogen) atoms. The number of rotatable bonds is 2. The summed E-state index contributed by atoms with van der Waals surface area (Å²) in [7, 11) is -3.39. The third-order valence-corrected chi connectivity index (χ3v) is 4.60.